The zero-order valence-electron chi connectivity index (χ0n) is 17.2. The number of hydrogen-bond acceptors (Lipinski definition) is 8. The molecule has 0 spiro atoms. The van der Waals surface area contributed by atoms with Crippen molar-refractivity contribution in [1.82, 2.24) is 14.3 Å². The molecule has 1 aromatic heterocycles. The van der Waals surface area contributed by atoms with Gasteiger partial charge in [0.05, 0.1) is 11.5 Å². The predicted octanol–water partition coefficient (Wildman–Crippen LogP) is 1.86. The van der Waals surface area contributed by atoms with E-state index >= 15 is 0 Å². The van der Waals surface area contributed by atoms with Crippen LogP contribution in [-0.2, 0) is 10.0 Å². The van der Waals surface area contributed by atoms with Gasteiger partial charge in [-0.2, -0.15) is 9.29 Å². The molecule has 10 heteroatoms. The number of benzene rings is 1. The Morgan fingerprint density at radius 1 is 1.03 bits per heavy atom. The van der Waals surface area contributed by atoms with Crippen molar-refractivity contribution in [2.45, 2.75) is 25.2 Å². The first kappa shape index (κ1) is 20.7. The summed E-state index contributed by atoms with van der Waals surface area (Å²) in [5.74, 6) is 2.97. The van der Waals surface area contributed by atoms with Gasteiger partial charge in [0.15, 0.2) is 11.5 Å². The molecule has 9 nitrogen and oxygen atoms in total. The summed E-state index contributed by atoms with van der Waals surface area (Å²) < 4.78 is 44.4. The maximum Gasteiger partial charge on any atom is 0.243 e. The molecular weight excluding hydrogens is 408 g/mol. The molecule has 3 heterocycles. The molecular formula is C20H26N4O5S. The van der Waals surface area contributed by atoms with E-state index in [0.717, 1.165) is 12.2 Å². The average Bonchev–Trinajstić information content (AvgIpc) is 2.77. The molecule has 2 aromatic rings. The second-order valence-corrected chi connectivity index (χ2v) is 9.09. The molecule has 1 fully saturated rings. The Hall–Kier alpha value is -2.59. The number of hydrogen-bond donors (Lipinski definition) is 0. The molecule has 0 amide bonds. The van der Waals surface area contributed by atoms with Crippen molar-refractivity contribution < 1.29 is 22.6 Å². The molecule has 2 aliphatic heterocycles. The van der Waals surface area contributed by atoms with E-state index in [-0.39, 0.29) is 4.90 Å². The number of rotatable bonds is 6. The summed E-state index contributed by atoms with van der Waals surface area (Å²) >= 11 is 0. The third kappa shape index (κ3) is 4.29. The van der Waals surface area contributed by atoms with Crippen LogP contribution < -0.4 is 19.1 Å². The lowest BCUT2D eigenvalue weighted by atomic mass is 10.3. The highest BCUT2D eigenvalue weighted by Crippen LogP contribution is 2.33. The summed E-state index contributed by atoms with van der Waals surface area (Å²) in [4.78, 5) is 11.1. The number of fused-ring (bicyclic) bond motifs is 1. The summed E-state index contributed by atoms with van der Waals surface area (Å²) in [6, 6.07) is 6.58. The van der Waals surface area contributed by atoms with Crippen LogP contribution in [0.25, 0.3) is 0 Å². The SMILES string of the molecule is CCCOc1cc(N2CCN(S(=O)(=O)c3ccc4c(c3)OCCO4)CC2)nc(C)n1. The van der Waals surface area contributed by atoms with Gasteiger partial charge in [-0.15, -0.1) is 0 Å². The molecule has 0 N–H and O–H groups in total. The van der Waals surface area contributed by atoms with Gasteiger partial charge < -0.3 is 19.1 Å². The third-order valence-electron chi connectivity index (χ3n) is 4.97. The Balaban J connectivity index is 1.46. The molecule has 0 unspecified atom stereocenters. The molecule has 0 bridgehead atoms. The number of piperazine rings is 1. The molecule has 0 radical (unpaired) electrons. The van der Waals surface area contributed by atoms with Crippen LogP contribution in [0.3, 0.4) is 0 Å². The highest BCUT2D eigenvalue weighted by atomic mass is 32.2. The topological polar surface area (TPSA) is 94.1 Å². The molecule has 30 heavy (non-hydrogen) atoms. The van der Waals surface area contributed by atoms with Gasteiger partial charge >= 0.3 is 0 Å². The van der Waals surface area contributed by atoms with Crippen molar-refractivity contribution in [2.75, 3.05) is 50.9 Å². The zero-order chi connectivity index (χ0) is 21.1. The van der Waals surface area contributed by atoms with Gasteiger partial charge in [0.1, 0.15) is 24.9 Å². The second kappa shape index (κ2) is 8.65. The van der Waals surface area contributed by atoms with Gasteiger partial charge in [-0.3, -0.25) is 0 Å². The number of ether oxygens (including phenoxy) is 3. The second-order valence-electron chi connectivity index (χ2n) is 7.16. The minimum Gasteiger partial charge on any atom is -0.486 e. The van der Waals surface area contributed by atoms with Crippen LogP contribution in [0.1, 0.15) is 19.2 Å². The molecule has 0 aliphatic carbocycles. The Morgan fingerprint density at radius 3 is 2.50 bits per heavy atom. The normalized spacial score (nSPS) is 17.1. The fourth-order valence-electron chi connectivity index (χ4n) is 3.46. The number of sulfonamides is 1. The molecule has 4 rings (SSSR count). The maximum atomic E-state index is 13.1. The largest absolute Gasteiger partial charge is 0.486 e. The first-order valence-electron chi connectivity index (χ1n) is 10.1. The van der Waals surface area contributed by atoms with Crippen molar-refractivity contribution >= 4 is 15.8 Å². The summed E-state index contributed by atoms with van der Waals surface area (Å²) in [5.41, 5.74) is 0. The van der Waals surface area contributed by atoms with E-state index in [4.69, 9.17) is 14.2 Å². The summed E-state index contributed by atoms with van der Waals surface area (Å²) in [5, 5.41) is 0. The lowest BCUT2D eigenvalue weighted by molar-refractivity contribution is 0.171. The fourth-order valence-corrected chi connectivity index (χ4v) is 4.90. The lowest BCUT2D eigenvalue weighted by Gasteiger charge is -2.34. The number of aryl methyl sites for hydroxylation is 1. The lowest BCUT2D eigenvalue weighted by Crippen LogP contribution is -2.49. The zero-order valence-corrected chi connectivity index (χ0v) is 18.0. The van der Waals surface area contributed by atoms with Crippen LogP contribution in [0.4, 0.5) is 5.82 Å². The molecule has 1 saturated heterocycles. The van der Waals surface area contributed by atoms with Crippen molar-refractivity contribution in [2.24, 2.45) is 0 Å². The van der Waals surface area contributed by atoms with Crippen molar-refractivity contribution in [3.8, 4) is 17.4 Å². The Labute approximate surface area is 176 Å². The van der Waals surface area contributed by atoms with E-state index in [1.807, 2.05) is 19.9 Å². The van der Waals surface area contributed by atoms with Gasteiger partial charge in [0.25, 0.3) is 0 Å². The Morgan fingerprint density at radius 2 is 1.77 bits per heavy atom. The van der Waals surface area contributed by atoms with Gasteiger partial charge in [-0.25, -0.2) is 13.4 Å². The number of nitrogens with zero attached hydrogens (tertiary/aromatic N) is 4. The van der Waals surface area contributed by atoms with Crippen LogP contribution in [0.2, 0.25) is 0 Å². The summed E-state index contributed by atoms with van der Waals surface area (Å²) in [7, 11) is -3.62. The maximum absolute atomic E-state index is 13.1. The quantitative estimate of drug-likeness (QED) is 0.680. The minimum absolute atomic E-state index is 0.216. The predicted molar refractivity (Wildman–Crippen MR) is 111 cm³/mol. The summed E-state index contributed by atoms with van der Waals surface area (Å²) in [6.07, 6.45) is 0.898. The monoisotopic (exact) mass is 434 g/mol. The molecule has 0 atom stereocenters. The molecule has 1 aromatic carbocycles. The van der Waals surface area contributed by atoms with Gasteiger partial charge in [0, 0.05) is 38.3 Å². The van der Waals surface area contributed by atoms with Crippen LogP contribution >= 0.6 is 0 Å². The van der Waals surface area contributed by atoms with Crippen molar-refractivity contribution in [1.29, 1.82) is 0 Å². The van der Waals surface area contributed by atoms with Crippen LogP contribution in [-0.4, -0.2) is 68.7 Å². The van der Waals surface area contributed by atoms with E-state index in [1.54, 1.807) is 18.2 Å². The van der Waals surface area contributed by atoms with Gasteiger partial charge in [0.2, 0.25) is 15.9 Å². The summed E-state index contributed by atoms with van der Waals surface area (Å²) in [6.45, 7) is 7.14. The van der Waals surface area contributed by atoms with Crippen LogP contribution in [0, 0.1) is 6.92 Å². The van der Waals surface area contributed by atoms with E-state index in [9.17, 15) is 8.42 Å². The first-order valence-corrected chi connectivity index (χ1v) is 11.5. The van der Waals surface area contributed by atoms with E-state index in [0.29, 0.717) is 69.2 Å². The number of anilines is 1. The minimum atomic E-state index is -3.62. The number of aromatic nitrogens is 2. The van der Waals surface area contributed by atoms with Crippen molar-refractivity contribution in [3.05, 3.63) is 30.1 Å². The average molecular weight is 435 g/mol. The van der Waals surface area contributed by atoms with E-state index in [1.165, 1.54) is 4.31 Å². The smallest absolute Gasteiger partial charge is 0.243 e. The molecule has 162 valence electrons. The van der Waals surface area contributed by atoms with E-state index in [2.05, 4.69) is 14.9 Å². The molecule has 0 saturated carbocycles. The fraction of sp³-hybridized carbons (Fsp3) is 0.500. The highest BCUT2D eigenvalue weighted by molar-refractivity contribution is 7.89. The first-order chi connectivity index (χ1) is 14.5. The Kier molecular flexibility index (Phi) is 5.96. The molecule has 2 aliphatic rings. The van der Waals surface area contributed by atoms with Crippen LogP contribution in [0.5, 0.6) is 17.4 Å². The van der Waals surface area contributed by atoms with Gasteiger partial charge in [-0.05, 0) is 25.5 Å². The van der Waals surface area contributed by atoms with Gasteiger partial charge in [-0.1, -0.05) is 6.92 Å². The third-order valence-corrected chi connectivity index (χ3v) is 6.86. The van der Waals surface area contributed by atoms with Crippen LogP contribution in [0.15, 0.2) is 29.2 Å². The Bertz CT molecular complexity index is 1010. The standard InChI is InChI=1S/C20H26N4O5S/c1-3-10-29-20-14-19(21-15(2)22-20)23-6-8-24(9-7-23)30(25,26)16-4-5-17-18(13-16)28-12-11-27-17/h4-5,13-14H,3,6-12H2,1-2H3. The van der Waals surface area contributed by atoms with E-state index < -0.39 is 10.0 Å². The van der Waals surface area contributed by atoms with Crippen molar-refractivity contribution in [3.63, 3.8) is 0 Å². The highest BCUT2D eigenvalue weighted by Gasteiger charge is 2.30.